The van der Waals surface area contributed by atoms with Crippen molar-refractivity contribution in [3.8, 4) is 0 Å². The molecule has 0 aromatic carbocycles. The van der Waals surface area contributed by atoms with Crippen molar-refractivity contribution in [3.05, 3.63) is 29.0 Å². The van der Waals surface area contributed by atoms with Gasteiger partial charge >= 0.3 is 0 Å². The lowest BCUT2D eigenvalue weighted by Crippen LogP contribution is -2.41. The van der Waals surface area contributed by atoms with Gasteiger partial charge in [0.15, 0.2) is 0 Å². The summed E-state index contributed by atoms with van der Waals surface area (Å²) in [6.07, 6.45) is 2.49. The molecule has 3 nitrogen and oxygen atoms in total. The predicted octanol–water partition coefficient (Wildman–Crippen LogP) is 2.26. The first kappa shape index (κ1) is 12.8. The molecule has 1 fully saturated rings. The van der Waals surface area contributed by atoms with Crippen molar-refractivity contribution in [2.75, 3.05) is 27.2 Å². The molecule has 17 heavy (non-hydrogen) atoms. The fraction of sp³-hybridized carbons (Fsp3) is 0.615. The first-order valence-electron chi connectivity index (χ1n) is 6.15. The lowest BCUT2D eigenvalue weighted by molar-refractivity contribution is 0.138. The molecule has 2 heterocycles. The Kier molecular flexibility index (Phi) is 4.37. The summed E-state index contributed by atoms with van der Waals surface area (Å²) in [5.74, 6) is 0. The Morgan fingerprint density at radius 1 is 1.41 bits per heavy atom. The minimum atomic E-state index is 0.583. The molecule has 1 saturated heterocycles. The number of hydrogen-bond acceptors (Lipinski definition) is 3. The van der Waals surface area contributed by atoms with Crippen LogP contribution < -0.4 is 0 Å². The van der Waals surface area contributed by atoms with Crippen LogP contribution in [0.15, 0.2) is 18.2 Å². The maximum Gasteiger partial charge on any atom is 0.129 e. The zero-order valence-corrected chi connectivity index (χ0v) is 11.3. The van der Waals surface area contributed by atoms with Gasteiger partial charge in [0.1, 0.15) is 5.15 Å². The maximum absolute atomic E-state index is 5.90. The molecule has 0 unspecified atom stereocenters. The van der Waals surface area contributed by atoms with E-state index in [-0.39, 0.29) is 0 Å². The summed E-state index contributed by atoms with van der Waals surface area (Å²) in [6, 6.07) is 6.50. The summed E-state index contributed by atoms with van der Waals surface area (Å²) in [6.45, 7) is 3.27. The average Bonchev–Trinajstić information content (AvgIpc) is 2.29. The lowest BCUT2D eigenvalue weighted by Gasteiger charge is -2.34. The molecule has 0 atom stereocenters. The van der Waals surface area contributed by atoms with Crippen LogP contribution in [0.2, 0.25) is 5.15 Å². The number of pyridine rings is 1. The van der Waals surface area contributed by atoms with Gasteiger partial charge in [-0.2, -0.15) is 0 Å². The number of halogens is 1. The maximum atomic E-state index is 5.90. The monoisotopic (exact) mass is 253 g/mol. The van der Waals surface area contributed by atoms with Crippen LogP contribution in [-0.2, 0) is 6.54 Å². The molecular weight excluding hydrogens is 234 g/mol. The standard InChI is InChI=1S/C13H20ClN3/c1-16-8-6-12(7-9-16)17(2)10-11-4-3-5-13(14)15-11/h3-5,12H,6-10H2,1-2H3. The molecule has 1 aliphatic heterocycles. The molecule has 1 aromatic heterocycles. The molecule has 4 heteroatoms. The van der Waals surface area contributed by atoms with Gasteiger partial charge in [-0.05, 0) is 52.2 Å². The minimum Gasteiger partial charge on any atom is -0.306 e. The molecule has 94 valence electrons. The van der Waals surface area contributed by atoms with Gasteiger partial charge in [-0.25, -0.2) is 4.98 Å². The van der Waals surface area contributed by atoms with E-state index in [1.807, 2.05) is 18.2 Å². The number of likely N-dealkylation sites (tertiary alicyclic amines) is 1. The number of rotatable bonds is 3. The summed E-state index contributed by atoms with van der Waals surface area (Å²) in [4.78, 5) is 9.12. The SMILES string of the molecule is CN1CCC(N(C)Cc2cccc(Cl)n2)CC1. The van der Waals surface area contributed by atoms with E-state index in [0.29, 0.717) is 11.2 Å². The lowest BCUT2D eigenvalue weighted by atomic mass is 10.0. The minimum absolute atomic E-state index is 0.583. The second-order valence-corrected chi connectivity index (χ2v) is 5.29. The van der Waals surface area contributed by atoms with E-state index < -0.39 is 0 Å². The van der Waals surface area contributed by atoms with Crippen molar-refractivity contribution < 1.29 is 0 Å². The van der Waals surface area contributed by atoms with Crippen LogP contribution in [0.3, 0.4) is 0 Å². The molecular formula is C13H20ClN3. The average molecular weight is 254 g/mol. The summed E-state index contributed by atoms with van der Waals surface area (Å²) in [5, 5.41) is 0.583. The largest absolute Gasteiger partial charge is 0.306 e. The zero-order chi connectivity index (χ0) is 12.3. The molecule has 2 rings (SSSR count). The van der Waals surface area contributed by atoms with Gasteiger partial charge in [0.05, 0.1) is 5.69 Å². The predicted molar refractivity (Wildman–Crippen MR) is 71.2 cm³/mol. The van der Waals surface area contributed by atoms with Gasteiger partial charge in [-0.15, -0.1) is 0 Å². The third-order valence-corrected chi connectivity index (χ3v) is 3.71. The van der Waals surface area contributed by atoms with E-state index in [0.717, 1.165) is 12.2 Å². The smallest absolute Gasteiger partial charge is 0.129 e. The third-order valence-electron chi connectivity index (χ3n) is 3.50. The second-order valence-electron chi connectivity index (χ2n) is 4.90. The Hall–Kier alpha value is -0.640. The Morgan fingerprint density at radius 3 is 2.76 bits per heavy atom. The van der Waals surface area contributed by atoms with E-state index in [2.05, 4.69) is 28.9 Å². The fourth-order valence-electron chi connectivity index (χ4n) is 2.36. The number of hydrogen-bond donors (Lipinski definition) is 0. The Morgan fingerprint density at radius 2 is 2.12 bits per heavy atom. The summed E-state index contributed by atoms with van der Waals surface area (Å²) >= 11 is 5.90. The van der Waals surface area contributed by atoms with Gasteiger partial charge in [0, 0.05) is 12.6 Å². The van der Waals surface area contributed by atoms with E-state index in [4.69, 9.17) is 11.6 Å². The van der Waals surface area contributed by atoms with Crippen molar-refractivity contribution in [2.45, 2.75) is 25.4 Å². The summed E-state index contributed by atoms with van der Waals surface area (Å²) < 4.78 is 0. The molecule has 0 amide bonds. The Bertz CT molecular complexity index is 361. The molecule has 1 aliphatic rings. The van der Waals surface area contributed by atoms with Gasteiger partial charge in [-0.1, -0.05) is 17.7 Å². The van der Waals surface area contributed by atoms with Crippen LogP contribution in [0.25, 0.3) is 0 Å². The van der Waals surface area contributed by atoms with Crippen LogP contribution >= 0.6 is 11.6 Å². The van der Waals surface area contributed by atoms with E-state index in [1.54, 1.807) is 0 Å². The number of piperidine rings is 1. The molecule has 1 aromatic rings. The number of nitrogens with zero attached hydrogens (tertiary/aromatic N) is 3. The Balaban J connectivity index is 1.90. The Labute approximate surface area is 108 Å². The summed E-state index contributed by atoms with van der Waals surface area (Å²) in [7, 11) is 4.37. The highest BCUT2D eigenvalue weighted by Crippen LogP contribution is 2.16. The second kappa shape index (κ2) is 5.80. The van der Waals surface area contributed by atoms with Crippen molar-refractivity contribution in [2.24, 2.45) is 0 Å². The van der Waals surface area contributed by atoms with Gasteiger partial charge in [0.2, 0.25) is 0 Å². The fourth-order valence-corrected chi connectivity index (χ4v) is 2.54. The van der Waals surface area contributed by atoms with Crippen LogP contribution in [0.5, 0.6) is 0 Å². The topological polar surface area (TPSA) is 19.4 Å². The molecule has 0 radical (unpaired) electrons. The van der Waals surface area contributed by atoms with Crippen molar-refractivity contribution in [3.63, 3.8) is 0 Å². The molecule has 0 N–H and O–H groups in total. The first-order chi connectivity index (χ1) is 8.15. The highest BCUT2D eigenvalue weighted by Gasteiger charge is 2.20. The van der Waals surface area contributed by atoms with Gasteiger partial charge in [-0.3, -0.25) is 4.90 Å². The highest BCUT2D eigenvalue weighted by molar-refractivity contribution is 6.29. The van der Waals surface area contributed by atoms with Crippen LogP contribution in [-0.4, -0.2) is 48.0 Å². The van der Waals surface area contributed by atoms with Crippen molar-refractivity contribution in [1.29, 1.82) is 0 Å². The quantitative estimate of drug-likeness (QED) is 0.771. The zero-order valence-electron chi connectivity index (χ0n) is 10.6. The van der Waals surface area contributed by atoms with Crippen molar-refractivity contribution >= 4 is 11.6 Å². The van der Waals surface area contributed by atoms with E-state index in [9.17, 15) is 0 Å². The molecule has 0 aliphatic carbocycles. The highest BCUT2D eigenvalue weighted by atomic mass is 35.5. The number of aromatic nitrogens is 1. The van der Waals surface area contributed by atoms with Gasteiger partial charge in [0.25, 0.3) is 0 Å². The van der Waals surface area contributed by atoms with Crippen molar-refractivity contribution in [1.82, 2.24) is 14.8 Å². The van der Waals surface area contributed by atoms with Crippen LogP contribution in [0.1, 0.15) is 18.5 Å². The molecule has 0 bridgehead atoms. The van der Waals surface area contributed by atoms with E-state index >= 15 is 0 Å². The van der Waals surface area contributed by atoms with Gasteiger partial charge < -0.3 is 4.90 Å². The normalized spacial score (nSPS) is 18.8. The van der Waals surface area contributed by atoms with Crippen LogP contribution in [0, 0.1) is 0 Å². The van der Waals surface area contributed by atoms with E-state index in [1.165, 1.54) is 25.9 Å². The third kappa shape index (κ3) is 3.66. The summed E-state index contributed by atoms with van der Waals surface area (Å²) in [5.41, 5.74) is 1.05. The first-order valence-corrected chi connectivity index (χ1v) is 6.53. The molecule has 0 spiro atoms. The van der Waals surface area contributed by atoms with Crippen LogP contribution in [0.4, 0.5) is 0 Å². The molecule has 0 saturated carbocycles.